The van der Waals surface area contributed by atoms with Gasteiger partial charge in [0.25, 0.3) is 5.91 Å². The molecular formula is C31H40N4O5. The second-order valence-corrected chi connectivity index (χ2v) is 10.9. The molecule has 4 rings (SSSR count). The minimum atomic E-state index is -1.22. The Kier molecular flexibility index (Phi) is 9.26. The molecule has 0 radical (unpaired) electrons. The van der Waals surface area contributed by atoms with Crippen LogP contribution in [0.15, 0.2) is 42.6 Å². The van der Waals surface area contributed by atoms with Crippen LogP contribution in [0.4, 0.5) is 5.69 Å². The van der Waals surface area contributed by atoms with Crippen molar-refractivity contribution in [3.05, 3.63) is 65.3 Å². The maximum absolute atomic E-state index is 13.1. The van der Waals surface area contributed by atoms with E-state index in [9.17, 15) is 9.90 Å². The summed E-state index contributed by atoms with van der Waals surface area (Å²) in [4.78, 5) is 19.9. The lowest BCUT2D eigenvalue weighted by Gasteiger charge is -2.48. The van der Waals surface area contributed by atoms with E-state index in [1.165, 1.54) is 6.20 Å². The first kappa shape index (κ1) is 29.7. The largest absolute Gasteiger partial charge is 0.385 e. The van der Waals surface area contributed by atoms with Gasteiger partial charge in [-0.15, -0.1) is 0 Å². The van der Waals surface area contributed by atoms with Crippen LogP contribution in [-0.2, 0) is 19.8 Å². The number of nitrogens with zero attached hydrogens (tertiary/aromatic N) is 2. The van der Waals surface area contributed by atoms with Gasteiger partial charge in [0.05, 0.1) is 25.0 Å². The molecule has 3 heterocycles. The number of carbonyl (C=O) groups excluding carboxylic acids is 1. The van der Waals surface area contributed by atoms with Crippen LogP contribution < -0.4 is 5.32 Å². The molecule has 0 aliphatic carbocycles. The summed E-state index contributed by atoms with van der Waals surface area (Å²) in [6, 6.07) is 7.67. The molecule has 214 valence electrons. The minimum Gasteiger partial charge on any atom is -0.385 e. The van der Waals surface area contributed by atoms with Crippen molar-refractivity contribution in [2.45, 2.75) is 75.6 Å². The monoisotopic (exact) mass is 548 g/mol. The Labute approximate surface area is 236 Å². The van der Waals surface area contributed by atoms with Crippen molar-refractivity contribution in [2.75, 3.05) is 32.8 Å². The Morgan fingerprint density at radius 2 is 1.90 bits per heavy atom. The van der Waals surface area contributed by atoms with Gasteiger partial charge in [0.2, 0.25) is 0 Å². The normalized spacial score (nSPS) is 25.6. The molecule has 1 aromatic heterocycles. The highest BCUT2D eigenvalue weighted by Gasteiger charge is 2.57. The van der Waals surface area contributed by atoms with Gasteiger partial charge in [-0.05, 0) is 42.5 Å². The number of ether oxygens (including phenoxy) is 3. The SMILES string of the molecule is CCC/C=C(\CCCC)c1cc(C2(O)C[C@@]3(COC)C=C[C@@](COC)(C2)O3)ccc1NC(=O)c1ncc(C#N)[nH]1. The molecule has 1 unspecified atom stereocenters. The number of anilines is 1. The summed E-state index contributed by atoms with van der Waals surface area (Å²) in [5.74, 6) is -0.376. The summed E-state index contributed by atoms with van der Waals surface area (Å²) in [7, 11) is 3.26. The number of aromatic amines is 1. The molecule has 3 N–H and O–H groups in total. The second-order valence-electron chi connectivity index (χ2n) is 10.9. The number of fused-ring (bicyclic) bond motifs is 2. The van der Waals surface area contributed by atoms with Crippen molar-refractivity contribution in [2.24, 2.45) is 0 Å². The number of unbranched alkanes of at least 4 members (excludes halogenated alkanes) is 2. The smallest absolute Gasteiger partial charge is 0.291 e. The highest BCUT2D eigenvalue weighted by atomic mass is 16.6. The molecule has 2 aliphatic rings. The van der Waals surface area contributed by atoms with Crippen molar-refractivity contribution in [1.82, 2.24) is 9.97 Å². The quantitative estimate of drug-likeness (QED) is 0.292. The zero-order valence-corrected chi connectivity index (χ0v) is 23.9. The number of amides is 1. The van der Waals surface area contributed by atoms with Crippen LogP contribution in [0.2, 0.25) is 0 Å². The number of aromatic nitrogens is 2. The molecule has 0 saturated carbocycles. The average Bonchev–Trinajstić information content (AvgIpc) is 3.52. The maximum Gasteiger partial charge on any atom is 0.291 e. The molecule has 2 aliphatic heterocycles. The highest BCUT2D eigenvalue weighted by molar-refractivity contribution is 6.03. The molecule has 2 aromatic rings. The van der Waals surface area contributed by atoms with Gasteiger partial charge in [0, 0.05) is 38.3 Å². The number of rotatable bonds is 13. The summed E-state index contributed by atoms with van der Waals surface area (Å²) in [6.45, 7) is 4.90. The van der Waals surface area contributed by atoms with E-state index < -0.39 is 22.7 Å². The summed E-state index contributed by atoms with van der Waals surface area (Å²) in [6.07, 6.45) is 13.0. The van der Waals surface area contributed by atoms with Gasteiger partial charge in [-0.3, -0.25) is 4.79 Å². The van der Waals surface area contributed by atoms with E-state index in [2.05, 4.69) is 35.2 Å². The maximum atomic E-state index is 13.1. The molecule has 40 heavy (non-hydrogen) atoms. The Morgan fingerprint density at radius 1 is 1.20 bits per heavy atom. The first-order valence-corrected chi connectivity index (χ1v) is 14.0. The van der Waals surface area contributed by atoms with E-state index in [0.717, 1.165) is 48.8 Å². The van der Waals surface area contributed by atoms with E-state index in [0.29, 0.717) is 31.7 Å². The number of methoxy groups -OCH3 is 2. The lowest BCUT2D eigenvalue weighted by atomic mass is 9.74. The van der Waals surface area contributed by atoms with Gasteiger partial charge in [0.1, 0.15) is 23.0 Å². The van der Waals surface area contributed by atoms with Crippen LogP contribution in [0.1, 0.15) is 86.2 Å². The average molecular weight is 549 g/mol. The van der Waals surface area contributed by atoms with Crippen LogP contribution in [-0.4, -0.2) is 59.6 Å². The van der Waals surface area contributed by atoms with E-state index in [-0.39, 0.29) is 11.5 Å². The molecule has 2 bridgehead atoms. The Morgan fingerprint density at radius 3 is 2.48 bits per heavy atom. The Balaban J connectivity index is 1.77. The number of benzene rings is 1. The van der Waals surface area contributed by atoms with Crippen molar-refractivity contribution < 1.29 is 24.1 Å². The molecule has 0 spiro atoms. The molecule has 9 heteroatoms. The number of hydrogen-bond acceptors (Lipinski definition) is 7. The van der Waals surface area contributed by atoms with Crippen LogP contribution in [0.5, 0.6) is 0 Å². The number of carbonyl (C=O) groups is 1. The van der Waals surface area contributed by atoms with Crippen LogP contribution >= 0.6 is 0 Å². The third-order valence-corrected chi connectivity index (χ3v) is 7.60. The zero-order chi connectivity index (χ0) is 28.8. The molecule has 1 amide bonds. The minimum absolute atomic E-state index is 0.0629. The first-order valence-electron chi connectivity index (χ1n) is 14.0. The van der Waals surface area contributed by atoms with Gasteiger partial charge >= 0.3 is 0 Å². The van der Waals surface area contributed by atoms with Crippen molar-refractivity contribution >= 4 is 17.2 Å². The van der Waals surface area contributed by atoms with Crippen molar-refractivity contribution in [1.29, 1.82) is 5.26 Å². The lowest BCUT2D eigenvalue weighted by Crippen LogP contribution is -2.55. The van der Waals surface area contributed by atoms with Gasteiger partial charge in [0.15, 0.2) is 5.82 Å². The molecule has 3 atom stereocenters. The number of H-pyrrole nitrogens is 1. The molecule has 1 fully saturated rings. The Bertz CT molecular complexity index is 1290. The number of nitrogens with one attached hydrogen (secondary N) is 2. The topological polar surface area (TPSA) is 129 Å². The summed E-state index contributed by atoms with van der Waals surface area (Å²) in [5.41, 5.74) is 0.804. The van der Waals surface area contributed by atoms with Gasteiger partial charge in [-0.2, -0.15) is 5.26 Å². The van der Waals surface area contributed by atoms with Crippen LogP contribution in [0.25, 0.3) is 5.57 Å². The third kappa shape index (κ3) is 6.21. The summed E-state index contributed by atoms with van der Waals surface area (Å²) >= 11 is 0. The van der Waals surface area contributed by atoms with Gasteiger partial charge < -0.3 is 29.6 Å². The number of imidazole rings is 1. The van der Waals surface area contributed by atoms with E-state index >= 15 is 0 Å². The highest BCUT2D eigenvalue weighted by Crippen LogP contribution is 2.52. The third-order valence-electron chi connectivity index (χ3n) is 7.60. The fourth-order valence-electron chi connectivity index (χ4n) is 5.88. The van der Waals surface area contributed by atoms with Crippen molar-refractivity contribution in [3.8, 4) is 6.07 Å². The number of aliphatic hydroxyl groups is 1. The molecule has 1 saturated heterocycles. The van der Waals surface area contributed by atoms with Gasteiger partial charge in [-0.25, -0.2) is 4.98 Å². The second kappa shape index (κ2) is 12.5. The standard InChI is InChI=1S/C31H40N4O5/c1-5-7-9-22(10-8-6-2)25-15-23(11-12-26(25)35-28(36)27-33-17-24(16-32)34-27)31(37)18-29(20-38-3)13-14-30(19-31,40-29)21-39-4/h9,11-15,17,37H,5-8,10,18-21H2,1-4H3,(H,33,34)(H,35,36)/b22-9+/t29-,30+,31?. The zero-order valence-electron chi connectivity index (χ0n) is 23.9. The molecule has 1 aromatic carbocycles. The van der Waals surface area contributed by atoms with E-state index in [1.54, 1.807) is 14.2 Å². The lowest BCUT2D eigenvalue weighted by molar-refractivity contribution is -0.225. The van der Waals surface area contributed by atoms with Crippen LogP contribution in [0, 0.1) is 11.3 Å². The number of nitriles is 1. The molecule has 9 nitrogen and oxygen atoms in total. The van der Waals surface area contributed by atoms with Crippen LogP contribution in [0.3, 0.4) is 0 Å². The van der Waals surface area contributed by atoms with E-state index in [1.807, 2.05) is 36.4 Å². The molecular weight excluding hydrogens is 508 g/mol. The van der Waals surface area contributed by atoms with Gasteiger partial charge in [-0.1, -0.05) is 51.0 Å². The fourth-order valence-corrected chi connectivity index (χ4v) is 5.88. The predicted octanol–water partition coefficient (Wildman–Crippen LogP) is 5.25. The Hall–Kier alpha value is -3.29. The predicted molar refractivity (Wildman–Crippen MR) is 153 cm³/mol. The van der Waals surface area contributed by atoms with E-state index in [4.69, 9.17) is 19.5 Å². The summed E-state index contributed by atoms with van der Waals surface area (Å²) < 4.78 is 17.5. The number of hydrogen-bond donors (Lipinski definition) is 3. The van der Waals surface area contributed by atoms with Crippen molar-refractivity contribution in [3.63, 3.8) is 0 Å². The summed E-state index contributed by atoms with van der Waals surface area (Å²) in [5, 5.41) is 24.4. The fraction of sp³-hybridized carbons (Fsp3) is 0.516. The first-order chi connectivity index (χ1) is 19.2. The number of allylic oxidation sites excluding steroid dienone is 2.